The summed E-state index contributed by atoms with van der Waals surface area (Å²) in [4.78, 5) is 6.69. The molecule has 0 amide bonds. The van der Waals surface area contributed by atoms with Gasteiger partial charge in [-0.15, -0.1) is 0 Å². The van der Waals surface area contributed by atoms with E-state index < -0.39 is 0 Å². The molecule has 1 aromatic rings. The molecule has 5 nitrogen and oxygen atoms in total. The molecule has 0 atom stereocenters. The lowest BCUT2D eigenvalue weighted by Gasteiger charge is -2.43. The molecule has 0 spiro atoms. The van der Waals surface area contributed by atoms with Gasteiger partial charge in [0.2, 0.25) is 0 Å². The summed E-state index contributed by atoms with van der Waals surface area (Å²) in [5.74, 6) is 0.850. The maximum atomic E-state index is 5.08. The Hall–Kier alpha value is -1.49. The topological polar surface area (TPSA) is 52.8 Å². The first-order chi connectivity index (χ1) is 10.2. The monoisotopic (exact) mass is 292 g/mol. The number of guanidine groups is 1. The highest BCUT2D eigenvalue weighted by Gasteiger charge is 2.34. The van der Waals surface area contributed by atoms with Crippen LogP contribution in [0.1, 0.15) is 37.7 Å². The minimum atomic E-state index is 0.255. The normalized spacial score (nSPS) is 18.8. The Bertz CT molecular complexity index is 433. The molecule has 0 bridgehead atoms. The second-order valence-corrected chi connectivity index (χ2v) is 6.09. The molecule has 21 heavy (non-hydrogen) atoms. The van der Waals surface area contributed by atoms with E-state index in [9.17, 15) is 0 Å². The van der Waals surface area contributed by atoms with Crippen molar-refractivity contribution in [2.75, 3.05) is 27.7 Å². The summed E-state index contributed by atoms with van der Waals surface area (Å²) in [6.45, 7) is 1.66. The predicted octanol–water partition coefficient (Wildman–Crippen LogP) is 2.21. The lowest BCUT2D eigenvalue weighted by Crippen LogP contribution is -2.55. The van der Waals surface area contributed by atoms with Crippen molar-refractivity contribution in [2.24, 2.45) is 4.99 Å². The maximum absolute atomic E-state index is 5.08. The van der Waals surface area contributed by atoms with E-state index >= 15 is 0 Å². The molecule has 5 heteroatoms. The third-order valence-corrected chi connectivity index (χ3v) is 4.58. The Morgan fingerprint density at radius 2 is 2.05 bits per heavy atom. The number of rotatable bonds is 5. The number of furan rings is 1. The molecular formula is C16H28N4O. The third-order valence-electron chi connectivity index (χ3n) is 4.58. The number of aliphatic imine (C=N–C) groups is 1. The van der Waals surface area contributed by atoms with E-state index in [1.165, 1.54) is 32.1 Å². The van der Waals surface area contributed by atoms with Crippen LogP contribution in [0, 0.1) is 0 Å². The van der Waals surface area contributed by atoms with Gasteiger partial charge in [-0.1, -0.05) is 19.3 Å². The number of nitrogens with one attached hydrogen (secondary N) is 2. The largest absolute Gasteiger partial charge is 0.472 e. The van der Waals surface area contributed by atoms with E-state index in [0.29, 0.717) is 0 Å². The van der Waals surface area contributed by atoms with Crippen LogP contribution in [0.2, 0.25) is 0 Å². The van der Waals surface area contributed by atoms with Gasteiger partial charge in [0.15, 0.2) is 5.96 Å². The minimum Gasteiger partial charge on any atom is -0.472 e. The second kappa shape index (κ2) is 7.50. The van der Waals surface area contributed by atoms with Crippen molar-refractivity contribution in [3.63, 3.8) is 0 Å². The van der Waals surface area contributed by atoms with Crippen LogP contribution in [-0.4, -0.2) is 44.1 Å². The molecule has 0 aliphatic heterocycles. The first kappa shape index (κ1) is 15.9. The molecule has 2 N–H and O–H groups in total. The first-order valence-corrected chi connectivity index (χ1v) is 7.79. The van der Waals surface area contributed by atoms with Gasteiger partial charge in [-0.25, -0.2) is 0 Å². The van der Waals surface area contributed by atoms with Crippen molar-refractivity contribution < 1.29 is 4.42 Å². The zero-order valence-electron chi connectivity index (χ0n) is 13.5. The first-order valence-electron chi connectivity index (χ1n) is 7.79. The summed E-state index contributed by atoms with van der Waals surface area (Å²) in [7, 11) is 6.19. The van der Waals surface area contributed by atoms with Gasteiger partial charge in [0, 0.05) is 31.2 Å². The fraction of sp³-hybridized carbons (Fsp3) is 0.688. The van der Waals surface area contributed by atoms with E-state index in [2.05, 4.69) is 34.6 Å². The van der Waals surface area contributed by atoms with E-state index in [-0.39, 0.29) is 5.54 Å². The number of hydrogen-bond donors (Lipinski definition) is 2. The van der Waals surface area contributed by atoms with Crippen LogP contribution in [0.25, 0.3) is 0 Å². The van der Waals surface area contributed by atoms with Gasteiger partial charge in [-0.3, -0.25) is 4.99 Å². The Balaban J connectivity index is 1.86. The summed E-state index contributed by atoms with van der Waals surface area (Å²) in [5.41, 5.74) is 1.38. The summed E-state index contributed by atoms with van der Waals surface area (Å²) in [6.07, 6.45) is 9.96. The molecule has 1 aromatic heterocycles. The fourth-order valence-electron chi connectivity index (χ4n) is 3.04. The molecule has 1 fully saturated rings. The van der Waals surface area contributed by atoms with Crippen LogP contribution < -0.4 is 10.6 Å². The van der Waals surface area contributed by atoms with Gasteiger partial charge in [-0.2, -0.15) is 0 Å². The van der Waals surface area contributed by atoms with Crippen LogP contribution in [-0.2, 0) is 6.54 Å². The van der Waals surface area contributed by atoms with E-state index in [1.807, 2.05) is 13.1 Å². The smallest absolute Gasteiger partial charge is 0.191 e. The summed E-state index contributed by atoms with van der Waals surface area (Å²) >= 11 is 0. The molecular weight excluding hydrogens is 264 g/mol. The Morgan fingerprint density at radius 3 is 2.62 bits per heavy atom. The minimum absolute atomic E-state index is 0.255. The van der Waals surface area contributed by atoms with Crippen molar-refractivity contribution in [3.8, 4) is 0 Å². The zero-order chi connectivity index (χ0) is 15.1. The van der Waals surface area contributed by atoms with E-state index in [4.69, 9.17) is 4.42 Å². The zero-order valence-corrected chi connectivity index (χ0v) is 13.5. The molecule has 1 aliphatic rings. The molecule has 0 saturated heterocycles. The predicted molar refractivity (Wildman–Crippen MR) is 86.4 cm³/mol. The SMILES string of the molecule is CN=C(NCc1ccoc1)NCC1(N(C)C)CCCCC1. The highest BCUT2D eigenvalue weighted by molar-refractivity contribution is 5.79. The summed E-state index contributed by atoms with van der Waals surface area (Å²) < 4.78 is 5.08. The number of nitrogens with zero attached hydrogens (tertiary/aromatic N) is 2. The van der Waals surface area contributed by atoms with Crippen molar-refractivity contribution in [1.82, 2.24) is 15.5 Å². The van der Waals surface area contributed by atoms with E-state index in [1.54, 1.807) is 12.5 Å². The molecule has 0 unspecified atom stereocenters. The maximum Gasteiger partial charge on any atom is 0.191 e. The van der Waals surface area contributed by atoms with Crippen LogP contribution in [0.4, 0.5) is 0 Å². The standard InChI is InChI=1S/C16H28N4O/c1-17-15(18-11-14-7-10-21-12-14)19-13-16(20(2)3)8-5-4-6-9-16/h7,10,12H,4-6,8-9,11,13H2,1-3H3,(H2,17,18,19). The highest BCUT2D eigenvalue weighted by atomic mass is 16.3. The van der Waals surface area contributed by atoms with Crippen molar-refractivity contribution >= 4 is 5.96 Å². The summed E-state index contributed by atoms with van der Waals surface area (Å²) in [6, 6.07) is 1.96. The lowest BCUT2D eigenvalue weighted by atomic mass is 9.80. The molecule has 0 radical (unpaired) electrons. The fourth-order valence-corrected chi connectivity index (χ4v) is 3.04. The van der Waals surface area contributed by atoms with Crippen molar-refractivity contribution in [2.45, 2.75) is 44.2 Å². The Kier molecular flexibility index (Phi) is 5.67. The van der Waals surface area contributed by atoms with E-state index in [0.717, 1.165) is 24.6 Å². The second-order valence-electron chi connectivity index (χ2n) is 6.09. The quantitative estimate of drug-likeness (QED) is 0.645. The lowest BCUT2D eigenvalue weighted by molar-refractivity contribution is 0.104. The molecule has 118 valence electrons. The van der Waals surface area contributed by atoms with Gasteiger partial charge in [-0.05, 0) is 33.0 Å². The van der Waals surface area contributed by atoms with Crippen molar-refractivity contribution in [3.05, 3.63) is 24.2 Å². The average molecular weight is 292 g/mol. The Labute approximate surface area is 127 Å². The molecule has 1 saturated carbocycles. The summed E-state index contributed by atoms with van der Waals surface area (Å²) in [5, 5.41) is 6.82. The third kappa shape index (κ3) is 4.24. The average Bonchev–Trinajstić information content (AvgIpc) is 3.01. The molecule has 2 rings (SSSR count). The van der Waals surface area contributed by atoms with Crippen LogP contribution in [0.3, 0.4) is 0 Å². The van der Waals surface area contributed by atoms with Gasteiger partial charge < -0.3 is 20.0 Å². The van der Waals surface area contributed by atoms with Gasteiger partial charge >= 0.3 is 0 Å². The van der Waals surface area contributed by atoms with Crippen LogP contribution in [0.15, 0.2) is 28.0 Å². The highest BCUT2D eigenvalue weighted by Crippen LogP contribution is 2.31. The number of likely N-dealkylation sites (N-methyl/N-ethyl adjacent to an activating group) is 1. The van der Waals surface area contributed by atoms with Gasteiger partial charge in [0.05, 0.1) is 12.5 Å². The van der Waals surface area contributed by atoms with Crippen LogP contribution in [0.5, 0.6) is 0 Å². The Morgan fingerprint density at radius 1 is 1.29 bits per heavy atom. The van der Waals surface area contributed by atoms with Crippen molar-refractivity contribution in [1.29, 1.82) is 0 Å². The van der Waals surface area contributed by atoms with Gasteiger partial charge in [0.25, 0.3) is 0 Å². The molecule has 1 heterocycles. The van der Waals surface area contributed by atoms with Gasteiger partial charge in [0.1, 0.15) is 0 Å². The molecule has 0 aromatic carbocycles. The number of hydrogen-bond acceptors (Lipinski definition) is 3. The molecule has 1 aliphatic carbocycles. The van der Waals surface area contributed by atoms with Crippen LogP contribution >= 0.6 is 0 Å².